The van der Waals surface area contributed by atoms with E-state index in [9.17, 15) is 5.11 Å². The van der Waals surface area contributed by atoms with E-state index in [4.69, 9.17) is 4.42 Å². The molecule has 0 saturated heterocycles. The maximum absolute atomic E-state index is 10.5. The average molecular weight is 266 g/mol. The minimum absolute atomic E-state index is 0.463. The first-order valence-electron chi connectivity index (χ1n) is 5.87. The zero-order valence-corrected chi connectivity index (χ0v) is 11.7. The van der Waals surface area contributed by atoms with Crippen molar-refractivity contribution >= 4 is 11.3 Å². The van der Waals surface area contributed by atoms with Crippen molar-refractivity contribution in [3.05, 3.63) is 39.7 Å². The lowest BCUT2D eigenvalue weighted by Crippen LogP contribution is -2.35. The molecule has 2 N–H and O–H groups in total. The van der Waals surface area contributed by atoms with Gasteiger partial charge >= 0.3 is 0 Å². The molecule has 4 nitrogen and oxygen atoms in total. The number of aliphatic hydroxyl groups is 1. The van der Waals surface area contributed by atoms with Crippen molar-refractivity contribution in [2.24, 2.45) is 0 Å². The summed E-state index contributed by atoms with van der Waals surface area (Å²) in [4.78, 5) is 4.19. The zero-order valence-electron chi connectivity index (χ0n) is 10.9. The molecule has 98 valence electrons. The molecular formula is C13H18N2O2S. The van der Waals surface area contributed by atoms with Gasteiger partial charge in [-0.2, -0.15) is 0 Å². The van der Waals surface area contributed by atoms with E-state index in [1.54, 1.807) is 23.8 Å². The molecule has 0 amide bonds. The number of hydrogen-bond donors (Lipinski definition) is 2. The number of furan rings is 1. The van der Waals surface area contributed by atoms with Gasteiger partial charge in [0.25, 0.3) is 0 Å². The number of aryl methyl sites for hydroxylation is 2. The first kappa shape index (κ1) is 13.3. The molecular weight excluding hydrogens is 248 g/mol. The van der Waals surface area contributed by atoms with Gasteiger partial charge in [0.2, 0.25) is 0 Å². The van der Waals surface area contributed by atoms with E-state index in [1.165, 1.54) is 0 Å². The van der Waals surface area contributed by atoms with Crippen LogP contribution in [-0.4, -0.2) is 16.6 Å². The molecule has 1 unspecified atom stereocenters. The number of nitrogens with one attached hydrogen (secondary N) is 1. The minimum Gasteiger partial charge on any atom is -0.466 e. The Hall–Kier alpha value is -1.17. The van der Waals surface area contributed by atoms with Crippen LogP contribution in [0.4, 0.5) is 0 Å². The lowest BCUT2D eigenvalue weighted by molar-refractivity contribution is 0.0551. The van der Waals surface area contributed by atoms with Gasteiger partial charge in [-0.05, 0) is 26.8 Å². The standard InChI is InChI=1S/C13H18N2O2S/c1-9-4-12(10(2)17-9)13(3,16)7-14-5-11-6-18-8-15-11/h4,6,8,14,16H,5,7H2,1-3H3. The van der Waals surface area contributed by atoms with Gasteiger partial charge in [0.05, 0.1) is 11.2 Å². The van der Waals surface area contributed by atoms with Gasteiger partial charge in [-0.15, -0.1) is 11.3 Å². The second kappa shape index (κ2) is 5.22. The fraction of sp³-hybridized carbons (Fsp3) is 0.462. The maximum Gasteiger partial charge on any atom is 0.107 e. The van der Waals surface area contributed by atoms with Crippen LogP contribution in [0.1, 0.15) is 29.7 Å². The van der Waals surface area contributed by atoms with Crippen molar-refractivity contribution in [3.8, 4) is 0 Å². The molecule has 2 aromatic heterocycles. The average Bonchev–Trinajstić information content (AvgIpc) is 2.88. The molecule has 0 bridgehead atoms. The van der Waals surface area contributed by atoms with Crippen molar-refractivity contribution < 1.29 is 9.52 Å². The molecule has 0 aliphatic carbocycles. The monoisotopic (exact) mass is 266 g/mol. The Morgan fingerprint density at radius 3 is 2.83 bits per heavy atom. The molecule has 0 aliphatic rings. The summed E-state index contributed by atoms with van der Waals surface area (Å²) < 4.78 is 5.45. The number of hydrogen-bond acceptors (Lipinski definition) is 5. The van der Waals surface area contributed by atoms with E-state index in [1.807, 2.05) is 25.3 Å². The van der Waals surface area contributed by atoms with Crippen LogP contribution in [0, 0.1) is 13.8 Å². The van der Waals surface area contributed by atoms with Crippen LogP contribution >= 0.6 is 11.3 Å². The van der Waals surface area contributed by atoms with Crippen LogP contribution in [-0.2, 0) is 12.1 Å². The van der Waals surface area contributed by atoms with Gasteiger partial charge in [0, 0.05) is 24.0 Å². The molecule has 2 aromatic rings. The fourth-order valence-electron chi connectivity index (χ4n) is 2.02. The highest BCUT2D eigenvalue weighted by Crippen LogP contribution is 2.26. The molecule has 0 aliphatic heterocycles. The summed E-state index contributed by atoms with van der Waals surface area (Å²) in [5.74, 6) is 1.59. The van der Waals surface area contributed by atoms with Gasteiger partial charge in [0.15, 0.2) is 0 Å². The van der Waals surface area contributed by atoms with E-state index < -0.39 is 5.60 Å². The van der Waals surface area contributed by atoms with Crippen molar-refractivity contribution in [1.29, 1.82) is 0 Å². The zero-order chi connectivity index (χ0) is 13.2. The third-order valence-corrected chi connectivity index (χ3v) is 3.52. The van der Waals surface area contributed by atoms with Crippen LogP contribution in [0.5, 0.6) is 0 Å². The Kier molecular flexibility index (Phi) is 3.85. The predicted molar refractivity (Wildman–Crippen MR) is 71.6 cm³/mol. The lowest BCUT2D eigenvalue weighted by atomic mass is 9.96. The molecule has 0 fully saturated rings. The molecule has 1 atom stereocenters. The van der Waals surface area contributed by atoms with E-state index in [2.05, 4.69) is 10.3 Å². The smallest absolute Gasteiger partial charge is 0.107 e. The van der Waals surface area contributed by atoms with Crippen molar-refractivity contribution in [3.63, 3.8) is 0 Å². The number of nitrogens with zero attached hydrogens (tertiary/aromatic N) is 1. The highest BCUT2D eigenvalue weighted by atomic mass is 32.1. The summed E-state index contributed by atoms with van der Waals surface area (Å²) in [7, 11) is 0. The van der Waals surface area contributed by atoms with Gasteiger partial charge in [-0.1, -0.05) is 0 Å². The van der Waals surface area contributed by atoms with Gasteiger partial charge in [0.1, 0.15) is 17.1 Å². The van der Waals surface area contributed by atoms with E-state index in [0.29, 0.717) is 13.1 Å². The molecule has 0 saturated carbocycles. The van der Waals surface area contributed by atoms with Crippen molar-refractivity contribution in [2.75, 3.05) is 6.54 Å². The first-order valence-corrected chi connectivity index (χ1v) is 6.81. The summed E-state index contributed by atoms with van der Waals surface area (Å²) in [6.45, 7) is 6.67. The fourth-order valence-corrected chi connectivity index (χ4v) is 2.58. The third kappa shape index (κ3) is 2.98. The van der Waals surface area contributed by atoms with Crippen molar-refractivity contribution in [1.82, 2.24) is 10.3 Å². The molecule has 0 spiro atoms. The Labute approximate surface area is 111 Å². The minimum atomic E-state index is -0.933. The Morgan fingerprint density at radius 2 is 2.28 bits per heavy atom. The predicted octanol–water partition coefficient (Wildman–Crippen LogP) is 2.35. The second-order valence-corrected chi connectivity index (χ2v) is 5.40. The molecule has 0 aromatic carbocycles. The van der Waals surface area contributed by atoms with Gasteiger partial charge in [-0.25, -0.2) is 4.98 Å². The molecule has 2 heterocycles. The number of thiazole rings is 1. The lowest BCUT2D eigenvalue weighted by Gasteiger charge is -2.23. The Balaban J connectivity index is 1.97. The van der Waals surface area contributed by atoms with Crippen molar-refractivity contribution in [2.45, 2.75) is 32.9 Å². The largest absolute Gasteiger partial charge is 0.466 e. The van der Waals surface area contributed by atoms with E-state index >= 15 is 0 Å². The maximum atomic E-state index is 10.5. The van der Waals surface area contributed by atoms with Gasteiger partial charge in [-0.3, -0.25) is 0 Å². The van der Waals surface area contributed by atoms with Crippen LogP contribution in [0.2, 0.25) is 0 Å². The summed E-state index contributed by atoms with van der Waals surface area (Å²) >= 11 is 1.57. The van der Waals surface area contributed by atoms with Gasteiger partial charge < -0.3 is 14.8 Å². The SMILES string of the molecule is Cc1cc(C(C)(O)CNCc2cscn2)c(C)o1. The molecule has 18 heavy (non-hydrogen) atoms. The summed E-state index contributed by atoms with van der Waals surface area (Å²) in [6.07, 6.45) is 0. The normalized spacial score (nSPS) is 14.7. The Morgan fingerprint density at radius 1 is 1.50 bits per heavy atom. The van der Waals surface area contributed by atoms with Crippen LogP contribution < -0.4 is 5.32 Å². The summed E-state index contributed by atoms with van der Waals surface area (Å²) in [5, 5.41) is 15.7. The number of rotatable bonds is 5. The Bertz CT molecular complexity index is 503. The topological polar surface area (TPSA) is 58.3 Å². The first-order chi connectivity index (χ1) is 8.49. The molecule has 5 heteroatoms. The molecule has 2 rings (SSSR count). The van der Waals surface area contributed by atoms with Crippen LogP contribution in [0.15, 0.2) is 21.4 Å². The highest BCUT2D eigenvalue weighted by Gasteiger charge is 2.27. The second-order valence-electron chi connectivity index (χ2n) is 4.68. The molecule has 0 radical (unpaired) electrons. The number of aromatic nitrogens is 1. The summed E-state index contributed by atoms with van der Waals surface area (Å²) in [5.41, 5.74) is 2.71. The van der Waals surface area contributed by atoms with E-state index in [0.717, 1.165) is 22.8 Å². The quantitative estimate of drug-likeness (QED) is 0.872. The van der Waals surface area contributed by atoms with Crippen LogP contribution in [0.25, 0.3) is 0 Å². The van der Waals surface area contributed by atoms with E-state index in [-0.39, 0.29) is 0 Å². The highest BCUT2D eigenvalue weighted by molar-refractivity contribution is 7.07. The summed E-state index contributed by atoms with van der Waals surface area (Å²) in [6, 6.07) is 1.89. The third-order valence-electron chi connectivity index (χ3n) is 2.88. The van der Waals surface area contributed by atoms with Crippen LogP contribution in [0.3, 0.4) is 0 Å².